The summed E-state index contributed by atoms with van der Waals surface area (Å²) in [7, 11) is 0. The maximum atomic E-state index is 10.6. The van der Waals surface area contributed by atoms with Gasteiger partial charge in [0, 0.05) is 0 Å². The highest BCUT2D eigenvalue weighted by molar-refractivity contribution is 5.61. The fourth-order valence-corrected chi connectivity index (χ4v) is 1.27. The summed E-state index contributed by atoms with van der Waals surface area (Å²) >= 11 is 0. The van der Waals surface area contributed by atoms with E-state index in [1.807, 2.05) is 0 Å². The monoisotopic (exact) mass is 264 g/mol. The Balaban J connectivity index is 1.56. The smallest absolute Gasteiger partial charge is 0.428 e. The van der Waals surface area contributed by atoms with Crippen LogP contribution in [0.2, 0.25) is 0 Å². The third-order valence-electron chi connectivity index (χ3n) is 2.08. The summed E-state index contributed by atoms with van der Waals surface area (Å²) in [4.78, 5) is 21.1. The van der Waals surface area contributed by atoms with Crippen LogP contribution >= 0.6 is 0 Å². The van der Waals surface area contributed by atoms with Gasteiger partial charge in [-0.3, -0.25) is 0 Å². The largest absolute Gasteiger partial charge is 0.510 e. The van der Waals surface area contributed by atoms with Crippen molar-refractivity contribution in [3.63, 3.8) is 0 Å². The lowest BCUT2D eigenvalue weighted by Crippen LogP contribution is -2.29. The first kappa shape index (κ1) is 12.9. The van der Waals surface area contributed by atoms with Crippen LogP contribution in [0.1, 0.15) is 0 Å². The van der Waals surface area contributed by atoms with Gasteiger partial charge in [-0.05, 0) is 0 Å². The van der Waals surface area contributed by atoms with Crippen molar-refractivity contribution in [3.05, 3.63) is 0 Å². The molecule has 2 aliphatic rings. The molecule has 102 valence electrons. The van der Waals surface area contributed by atoms with Crippen molar-refractivity contribution >= 4 is 12.3 Å². The minimum Gasteiger partial charge on any atom is -0.428 e. The Bertz CT molecular complexity index is 287. The Hall–Kier alpha value is -1.58. The fraction of sp³-hybridized carbons (Fsp3) is 0.778. The van der Waals surface area contributed by atoms with Gasteiger partial charge in [0.1, 0.15) is 6.10 Å². The summed E-state index contributed by atoms with van der Waals surface area (Å²) in [6.45, 7) is -0.243. The minimum absolute atomic E-state index is 0.0134. The van der Waals surface area contributed by atoms with Crippen LogP contribution in [0, 0.1) is 0 Å². The maximum absolute atomic E-state index is 10.6. The molecule has 2 rings (SSSR count). The standard InChI is InChI=1S/C9H12O9/c10-5(1-13-6-3-15-8(11)17-6)2-14-7-4-16-9(12)18-7/h5-7,10H,1-4H2. The van der Waals surface area contributed by atoms with Crippen molar-refractivity contribution in [2.75, 3.05) is 26.4 Å². The van der Waals surface area contributed by atoms with E-state index in [9.17, 15) is 14.7 Å². The third-order valence-corrected chi connectivity index (χ3v) is 2.08. The Morgan fingerprint density at radius 3 is 1.83 bits per heavy atom. The zero-order valence-corrected chi connectivity index (χ0v) is 9.27. The summed E-state index contributed by atoms with van der Waals surface area (Å²) in [6, 6.07) is 0. The molecule has 2 saturated heterocycles. The van der Waals surface area contributed by atoms with Gasteiger partial charge >= 0.3 is 12.3 Å². The molecule has 1 N–H and O–H groups in total. The average Bonchev–Trinajstić information content (AvgIpc) is 2.93. The van der Waals surface area contributed by atoms with Crippen molar-refractivity contribution in [2.24, 2.45) is 0 Å². The van der Waals surface area contributed by atoms with Gasteiger partial charge in [0.2, 0.25) is 12.6 Å². The molecule has 2 fully saturated rings. The number of cyclic esters (lactones) is 4. The van der Waals surface area contributed by atoms with E-state index >= 15 is 0 Å². The lowest BCUT2D eigenvalue weighted by atomic mass is 10.4. The summed E-state index contributed by atoms with van der Waals surface area (Å²) < 4.78 is 28.2. The molecule has 2 unspecified atom stereocenters. The molecule has 2 heterocycles. The molecule has 0 aromatic heterocycles. The van der Waals surface area contributed by atoms with Crippen LogP contribution in [-0.4, -0.2) is 62.5 Å². The van der Waals surface area contributed by atoms with Crippen molar-refractivity contribution in [1.29, 1.82) is 0 Å². The Morgan fingerprint density at radius 1 is 1.06 bits per heavy atom. The molecule has 18 heavy (non-hydrogen) atoms. The van der Waals surface area contributed by atoms with Gasteiger partial charge in [-0.2, -0.15) is 0 Å². The quantitative estimate of drug-likeness (QED) is 0.626. The molecule has 0 amide bonds. The maximum Gasteiger partial charge on any atom is 0.510 e. The highest BCUT2D eigenvalue weighted by Crippen LogP contribution is 2.10. The van der Waals surface area contributed by atoms with Gasteiger partial charge in [0.25, 0.3) is 0 Å². The molecule has 0 bridgehead atoms. The van der Waals surface area contributed by atoms with E-state index < -0.39 is 31.0 Å². The van der Waals surface area contributed by atoms with Crippen molar-refractivity contribution in [3.8, 4) is 0 Å². The first-order valence-electron chi connectivity index (χ1n) is 5.21. The van der Waals surface area contributed by atoms with E-state index in [0.29, 0.717) is 0 Å². The highest BCUT2D eigenvalue weighted by atomic mass is 16.8. The van der Waals surface area contributed by atoms with E-state index in [0.717, 1.165) is 0 Å². The molecule has 0 spiro atoms. The number of hydrogen-bond donors (Lipinski definition) is 1. The SMILES string of the molecule is O=C1OCC(OCC(O)COC2COC(=O)O2)O1. The molecule has 0 aliphatic carbocycles. The topological polar surface area (TPSA) is 110 Å². The minimum atomic E-state index is -0.955. The first-order chi connectivity index (χ1) is 8.63. The summed E-state index contributed by atoms with van der Waals surface area (Å²) in [6.07, 6.45) is -4.20. The van der Waals surface area contributed by atoms with E-state index in [1.165, 1.54) is 0 Å². The number of carbonyl (C=O) groups excluding carboxylic acids is 2. The normalized spacial score (nSPS) is 28.3. The number of hydrogen-bond acceptors (Lipinski definition) is 9. The van der Waals surface area contributed by atoms with Crippen LogP contribution in [-0.2, 0) is 28.4 Å². The van der Waals surface area contributed by atoms with E-state index in [2.05, 4.69) is 18.9 Å². The second-order valence-corrected chi connectivity index (χ2v) is 3.54. The lowest BCUT2D eigenvalue weighted by molar-refractivity contribution is -0.139. The van der Waals surface area contributed by atoms with Gasteiger partial charge < -0.3 is 33.5 Å². The van der Waals surface area contributed by atoms with Crippen LogP contribution in [0.3, 0.4) is 0 Å². The van der Waals surface area contributed by atoms with Crippen LogP contribution in [0.5, 0.6) is 0 Å². The zero-order valence-electron chi connectivity index (χ0n) is 9.27. The van der Waals surface area contributed by atoms with Crippen LogP contribution in [0.15, 0.2) is 0 Å². The molecule has 0 saturated carbocycles. The second-order valence-electron chi connectivity index (χ2n) is 3.54. The Kier molecular flexibility index (Phi) is 4.18. The number of aliphatic hydroxyl groups excluding tert-OH is 1. The second kappa shape index (κ2) is 5.85. The van der Waals surface area contributed by atoms with Crippen molar-refractivity contribution in [2.45, 2.75) is 18.7 Å². The number of rotatable bonds is 6. The Labute approximate surface area is 101 Å². The fourth-order valence-electron chi connectivity index (χ4n) is 1.27. The third kappa shape index (κ3) is 3.72. The zero-order chi connectivity index (χ0) is 13.0. The number of carbonyl (C=O) groups is 2. The molecule has 2 atom stereocenters. The van der Waals surface area contributed by atoms with Crippen LogP contribution < -0.4 is 0 Å². The predicted octanol–water partition coefficient (Wildman–Crippen LogP) is -0.634. The van der Waals surface area contributed by atoms with E-state index in [4.69, 9.17) is 9.47 Å². The molecule has 2 aliphatic heterocycles. The van der Waals surface area contributed by atoms with E-state index in [-0.39, 0.29) is 26.4 Å². The summed E-state index contributed by atoms with van der Waals surface area (Å²) in [5, 5.41) is 9.49. The van der Waals surface area contributed by atoms with Gasteiger partial charge in [-0.15, -0.1) is 0 Å². The molecular formula is C9H12O9. The van der Waals surface area contributed by atoms with Gasteiger partial charge in [0.05, 0.1) is 13.2 Å². The first-order valence-corrected chi connectivity index (χ1v) is 5.21. The van der Waals surface area contributed by atoms with Crippen LogP contribution in [0.4, 0.5) is 9.59 Å². The predicted molar refractivity (Wildman–Crippen MR) is 50.4 cm³/mol. The van der Waals surface area contributed by atoms with Crippen molar-refractivity contribution < 1.29 is 43.1 Å². The number of aliphatic hydroxyl groups is 1. The van der Waals surface area contributed by atoms with Gasteiger partial charge in [-0.1, -0.05) is 0 Å². The summed E-state index contributed by atoms with van der Waals surface area (Å²) in [5.41, 5.74) is 0. The van der Waals surface area contributed by atoms with Crippen molar-refractivity contribution in [1.82, 2.24) is 0 Å². The molecule has 9 heteroatoms. The summed E-state index contributed by atoms with van der Waals surface area (Å²) in [5.74, 6) is 0. The molecule has 0 radical (unpaired) electrons. The number of ether oxygens (including phenoxy) is 6. The average molecular weight is 264 g/mol. The molecule has 0 aromatic carbocycles. The highest BCUT2D eigenvalue weighted by Gasteiger charge is 2.28. The van der Waals surface area contributed by atoms with Gasteiger partial charge in [0.15, 0.2) is 13.2 Å². The van der Waals surface area contributed by atoms with E-state index in [1.54, 1.807) is 0 Å². The molecule has 0 aromatic rings. The Morgan fingerprint density at radius 2 is 1.50 bits per heavy atom. The molecular weight excluding hydrogens is 252 g/mol. The van der Waals surface area contributed by atoms with Gasteiger partial charge in [-0.25, -0.2) is 9.59 Å². The van der Waals surface area contributed by atoms with Crippen LogP contribution in [0.25, 0.3) is 0 Å². The molecule has 9 nitrogen and oxygen atoms in total. The lowest BCUT2D eigenvalue weighted by Gasteiger charge is -2.15.